The van der Waals surface area contributed by atoms with Gasteiger partial charge in [0.05, 0.1) is 0 Å². The van der Waals surface area contributed by atoms with Crippen molar-refractivity contribution < 1.29 is 0 Å². The number of aryl methyl sites for hydroxylation is 2. The van der Waals surface area contributed by atoms with E-state index in [1.807, 2.05) is 6.08 Å². The Labute approximate surface area is 250 Å². The van der Waals surface area contributed by atoms with Crippen molar-refractivity contribution in [3.05, 3.63) is 186 Å². The van der Waals surface area contributed by atoms with Gasteiger partial charge in [0.1, 0.15) is 0 Å². The van der Waals surface area contributed by atoms with Crippen molar-refractivity contribution in [2.24, 2.45) is 0 Å². The normalized spacial score (nSPS) is 13.6. The Balaban J connectivity index is 1.36. The van der Waals surface area contributed by atoms with Crippen LogP contribution in [0.5, 0.6) is 0 Å². The Bertz CT molecular complexity index is 1760. The maximum Gasteiger partial charge on any atom is 0.0464 e. The summed E-state index contributed by atoms with van der Waals surface area (Å²) in [5.41, 5.74) is 13.5. The van der Waals surface area contributed by atoms with E-state index in [0.717, 1.165) is 35.6 Å². The first-order chi connectivity index (χ1) is 20.6. The molecule has 0 spiro atoms. The molecule has 0 aromatic heterocycles. The fourth-order valence-corrected chi connectivity index (χ4v) is 5.84. The number of anilines is 5. The van der Waals surface area contributed by atoms with Crippen molar-refractivity contribution in [3.8, 4) is 0 Å². The molecule has 6 rings (SSSR count). The van der Waals surface area contributed by atoms with Crippen LogP contribution >= 0.6 is 0 Å². The summed E-state index contributed by atoms with van der Waals surface area (Å²) in [5, 5.41) is 0. The molecule has 0 radical (unpaired) electrons. The van der Waals surface area contributed by atoms with Crippen LogP contribution < -0.4 is 9.80 Å². The summed E-state index contributed by atoms with van der Waals surface area (Å²) in [6, 6.07) is 45.6. The Hall–Kier alpha value is -5.08. The first-order valence-electron chi connectivity index (χ1n) is 14.6. The summed E-state index contributed by atoms with van der Waals surface area (Å²) >= 11 is 0. The van der Waals surface area contributed by atoms with Crippen molar-refractivity contribution in [1.82, 2.24) is 0 Å². The molecule has 206 valence electrons. The average Bonchev–Trinajstić information content (AvgIpc) is 3.40. The lowest BCUT2D eigenvalue weighted by molar-refractivity contribution is 1.13. The highest BCUT2D eigenvalue weighted by Gasteiger charge is 2.21. The number of hydrogen-bond acceptors (Lipinski definition) is 2. The zero-order valence-electron chi connectivity index (χ0n) is 24.4. The van der Waals surface area contributed by atoms with Crippen molar-refractivity contribution in [3.63, 3.8) is 0 Å². The van der Waals surface area contributed by atoms with Crippen LogP contribution in [-0.4, -0.2) is 0 Å². The smallest absolute Gasteiger partial charge is 0.0464 e. The van der Waals surface area contributed by atoms with Gasteiger partial charge in [-0.1, -0.05) is 85.0 Å². The SMILES string of the molecule is C=CC=C(C=C1Cc2ccc(N(c3ccccc3)c3cccc(C)c3)cc2C1)N(c1ccccc1)c1cccc(C)c1. The minimum absolute atomic E-state index is 0.921. The molecule has 0 saturated heterocycles. The molecule has 0 unspecified atom stereocenters. The molecule has 0 atom stereocenters. The number of para-hydroxylation sites is 2. The summed E-state index contributed by atoms with van der Waals surface area (Å²) in [5.74, 6) is 0. The molecule has 2 nitrogen and oxygen atoms in total. The van der Waals surface area contributed by atoms with Crippen LogP contribution in [0.2, 0.25) is 0 Å². The van der Waals surface area contributed by atoms with E-state index < -0.39 is 0 Å². The summed E-state index contributed by atoms with van der Waals surface area (Å²) in [7, 11) is 0. The predicted octanol–water partition coefficient (Wildman–Crippen LogP) is 10.7. The summed E-state index contributed by atoms with van der Waals surface area (Å²) in [4.78, 5) is 4.68. The molecule has 0 heterocycles. The van der Waals surface area contributed by atoms with Gasteiger partial charge in [0.25, 0.3) is 0 Å². The third kappa shape index (κ3) is 5.84. The number of rotatable bonds is 8. The predicted molar refractivity (Wildman–Crippen MR) is 179 cm³/mol. The van der Waals surface area contributed by atoms with Gasteiger partial charge in [0, 0.05) is 34.1 Å². The first-order valence-corrected chi connectivity index (χ1v) is 14.6. The highest BCUT2D eigenvalue weighted by atomic mass is 15.1. The maximum absolute atomic E-state index is 4.06. The van der Waals surface area contributed by atoms with Crippen LogP contribution in [0.4, 0.5) is 28.4 Å². The largest absolute Gasteiger partial charge is 0.310 e. The van der Waals surface area contributed by atoms with Gasteiger partial charge in [0.2, 0.25) is 0 Å². The molecule has 0 bridgehead atoms. The molecule has 1 aliphatic rings. The Kier molecular flexibility index (Phi) is 7.87. The van der Waals surface area contributed by atoms with E-state index >= 15 is 0 Å². The highest BCUT2D eigenvalue weighted by Crippen LogP contribution is 2.39. The van der Waals surface area contributed by atoms with E-state index in [-0.39, 0.29) is 0 Å². The number of benzene rings is 5. The topological polar surface area (TPSA) is 6.48 Å². The van der Waals surface area contributed by atoms with Crippen LogP contribution in [0.15, 0.2) is 163 Å². The molecule has 0 aliphatic heterocycles. The third-order valence-corrected chi connectivity index (χ3v) is 7.73. The van der Waals surface area contributed by atoms with Gasteiger partial charge in [0.15, 0.2) is 0 Å². The van der Waals surface area contributed by atoms with E-state index in [1.165, 1.54) is 39.2 Å². The molecule has 5 aromatic carbocycles. The molecule has 0 amide bonds. The molecular weight excluding hydrogens is 508 g/mol. The summed E-state index contributed by atoms with van der Waals surface area (Å²) in [6.07, 6.45) is 8.22. The molecule has 42 heavy (non-hydrogen) atoms. The first kappa shape index (κ1) is 27.1. The average molecular weight is 545 g/mol. The summed E-state index contributed by atoms with van der Waals surface area (Å²) in [6.45, 7) is 8.35. The quantitative estimate of drug-likeness (QED) is 0.179. The zero-order valence-corrected chi connectivity index (χ0v) is 24.4. The van der Waals surface area contributed by atoms with Crippen LogP contribution in [0, 0.1) is 13.8 Å². The van der Waals surface area contributed by atoms with Crippen molar-refractivity contribution in [1.29, 1.82) is 0 Å². The van der Waals surface area contributed by atoms with Crippen LogP contribution in [-0.2, 0) is 12.8 Å². The minimum atomic E-state index is 0.921. The lowest BCUT2D eigenvalue weighted by atomic mass is 10.1. The second-order valence-electron chi connectivity index (χ2n) is 11.0. The van der Waals surface area contributed by atoms with Gasteiger partial charge in [-0.15, -0.1) is 0 Å². The van der Waals surface area contributed by atoms with Crippen LogP contribution in [0.3, 0.4) is 0 Å². The van der Waals surface area contributed by atoms with Crippen molar-refractivity contribution >= 4 is 28.4 Å². The fourth-order valence-electron chi connectivity index (χ4n) is 5.84. The van der Waals surface area contributed by atoms with E-state index in [9.17, 15) is 0 Å². The minimum Gasteiger partial charge on any atom is -0.310 e. The molecule has 5 aromatic rings. The van der Waals surface area contributed by atoms with E-state index in [1.54, 1.807) is 0 Å². The third-order valence-electron chi connectivity index (χ3n) is 7.73. The molecule has 0 fully saturated rings. The molecule has 0 N–H and O–H groups in total. The fraction of sp³-hybridized carbons (Fsp3) is 0.100. The second-order valence-corrected chi connectivity index (χ2v) is 11.0. The summed E-state index contributed by atoms with van der Waals surface area (Å²) < 4.78 is 0. The second kappa shape index (κ2) is 12.2. The highest BCUT2D eigenvalue weighted by molar-refractivity contribution is 5.78. The van der Waals surface area contributed by atoms with Gasteiger partial charge in [-0.25, -0.2) is 0 Å². The van der Waals surface area contributed by atoms with Gasteiger partial charge in [-0.05, 0) is 122 Å². The molecular formula is C40H36N2. The van der Waals surface area contributed by atoms with Gasteiger partial charge >= 0.3 is 0 Å². The monoisotopic (exact) mass is 544 g/mol. The van der Waals surface area contributed by atoms with E-state index in [0.29, 0.717) is 0 Å². The van der Waals surface area contributed by atoms with E-state index in [2.05, 4.69) is 170 Å². The van der Waals surface area contributed by atoms with Gasteiger partial charge in [-0.2, -0.15) is 0 Å². The Morgan fingerprint density at radius 3 is 1.81 bits per heavy atom. The molecule has 1 aliphatic carbocycles. The Morgan fingerprint density at radius 1 is 0.571 bits per heavy atom. The van der Waals surface area contributed by atoms with Gasteiger partial charge in [-0.3, -0.25) is 0 Å². The van der Waals surface area contributed by atoms with Crippen molar-refractivity contribution in [2.45, 2.75) is 26.7 Å². The van der Waals surface area contributed by atoms with E-state index in [4.69, 9.17) is 0 Å². The van der Waals surface area contributed by atoms with Gasteiger partial charge < -0.3 is 9.80 Å². The number of allylic oxidation sites excluding steroid dienone is 4. The lowest BCUT2D eigenvalue weighted by Crippen LogP contribution is -2.15. The van der Waals surface area contributed by atoms with Crippen LogP contribution in [0.25, 0.3) is 0 Å². The zero-order chi connectivity index (χ0) is 28.9. The number of hydrogen-bond donors (Lipinski definition) is 0. The Morgan fingerprint density at radius 2 is 1.14 bits per heavy atom. The lowest BCUT2D eigenvalue weighted by Gasteiger charge is -2.27. The molecule has 2 heteroatoms. The number of nitrogens with zero attached hydrogens (tertiary/aromatic N) is 2. The van der Waals surface area contributed by atoms with Crippen molar-refractivity contribution in [2.75, 3.05) is 9.80 Å². The number of fused-ring (bicyclic) bond motifs is 1. The standard InChI is InChI=1S/C40H36N2/c1-4-13-37(41(35-16-7-5-8-17-35)38-20-11-14-30(2)24-38)28-32-26-33-22-23-40(29-34(33)27-32)42(36-18-9-6-10-19-36)39-21-12-15-31(3)25-39/h4-25,28-29H,1,26-27H2,2-3H3. The van der Waals surface area contributed by atoms with Crippen LogP contribution in [0.1, 0.15) is 22.3 Å². The maximum atomic E-state index is 4.06. The molecule has 0 saturated carbocycles.